The Kier molecular flexibility index (Phi) is 5.54. The lowest BCUT2D eigenvalue weighted by Crippen LogP contribution is -1.72. The predicted molar refractivity (Wildman–Crippen MR) is 52.6 cm³/mol. The van der Waals surface area contributed by atoms with E-state index < -0.39 is 0 Å². The van der Waals surface area contributed by atoms with Gasteiger partial charge in [0.05, 0.1) is 0 Å². The highest BCUT2D eigenvalue weighted by molar-refractivity contribution is 5.24. The maximum atomic E-state index is 2.18. The Morgan fingerprint density at radius 3 is 2.18 bits per heavy atom. The van der Waals surface area contributed by atoms with Crippen molar-refractivity contribution in [1.29, 1.82) is 0 Å². The molecule has 0 radical (unpaired) electrons. The average Bonchev–Trinajstić information content (AvgIpc) is 1.97. The second-order valence-electron chi connectivity index (χ2n) is 2.84. The summed E-state index contributed by atoms with van der Waals surface area (Å²) in [7, 11) is 0. The zero-order valence-corrected chi connectivity index (χ0v) is 8.02. The summed E-state index contributed by atoms with van der Waals surface area (Å²) in [5.74, 6) is 0. The minimum atomic E-state index is 1.11. The Labute approximate surface area is 70.3 Å². The Balaban J connectivity index is 4.24. The summed E-state index contributed by atoms with van der Waals surface area (Å²) in [6, 6.07) is 0. The lowest BCUT2D eigenvalue weighted by atomic mass is 10.1. The highest BCUT2D eigenvalue weighted by Crippen LogP contribution is 2.03. The molecule has 0 unspecified atom stereocenters. The number of allylic oxidation sites excluding steroid dienone is 6. The molecule has 0 amide bonds. The first-order valence-electron chi connectivity index (χ1n) is 4.17. The molecule has 0 aliphatic rings. The van der Waals surface area contributed by atoms with Crippen LogP contribution in [-0.2, 0) is 0 Å². The third kappa shape index (κ3) is 5.65. The van der Waals surface area contributed by atoms with Crippen molar-refractivity contribution in [2.75, 3.05) is 0 Å². The molecule has 0 aromatic heterocycles. The maximum absolute atomic E-state index is 2.18. The molecule has 0 saturated carbocycles. The molecule has 11 heavy (non-hydrogen) atoms. The maximum Gasteiger partial charge on any atom is -0.0308 e. The van der Waals surface area contributed by atoms with Gasteiger partial charge >= 0.3 is 0 Å². The molecule has 0 rings (SSSR count). The Hall–Kier alpha value is -0.780. The van der Waals surface area contributed by atoms with Crippen LogP contribution in [0.2, 0.25) is 0 Å². The number of rotatable bonds is 3. The lowest BCUT2D eigenvalue weighted by Gasteiger charge is -1.93. The topological polar surface area (TPSA) is 0 Å². The summed E-state index contributed by atoms with van der Waals surface area (Å²) in [5.41, 5.74) is 2.73. The van der Waals surface area contributed by atoms with Gasteiger partial charge in [0.25, 0.3) is 0 Å². The van der Waals surface area contributed by atoms with Crippen molar-refractivity contribution in [2.45, 2.75) is 34.1 Å². The standard InChI is InChI=1S/C11H18/c1-5-7-11(6-2)9-8-10(3)4/h5,7-9H,6H2,1-4H3/b7-5-,11-9-. The molecule has 0 heterocycles. The molecular weight excluding hydrogens is 132 g/mol. The van der Waals surface area contributed by atoms with Gasteiger partial charge in [0.1, 0.15) is 0 Å². The Bertz CT molecular complexity index is 176. The normalized spacial score (nSPS) is 12.2. The van der Waals surface area contributed by atoms with Gasteiger partial charge in [0.2, 0.25) is 0 Å². The zero-order chi connectivity index (χ0) is 8.69. The minimum Gasteiger partial charge on any atom is -0.0874 e. The van der Waals surface area contributed by atoms with Crippen LogP contribution >= 0.6 is 0 Å². The second-order valence-corrected chi connectivity index (χ2v) is 2.84. The van der Waals surface area contributed by atoms with Crippen molar-refractivity contribution in [3.63, 3.8) is 0 Å². The predicted octanol–water partition coefficient (Wildman–Crippen LogP) is 3.87. The molecule has 0 saturated heterocycles. The van der Waals surface area contributed by atoms with Crippen molar-refractivity contribution in [3.05, 3.63) is 35.5 Å². The highest BCUT2D eigenvalue weighted by atomic mass is 13.9. The van der Waals surface area contributed by atoms with E-state index in [2.05, 4.69) is 45.1 Å². The van der Waals surface area contributed by atoms with Crippen LogP contribution in [0.25, 0.3) is 0 Å². The van der Waals surface area contributed by atoms with E-state index in [9.17, 15) is 0 Å². The first-order valence-corrected chi connectivity index (χ1v) is 4.17. The summed E-state index contributed by atoms with van der Waals surface area (Å²) in [6.07, 6.45) is 9.66. The molecule has 0 heteroatoms. The first kappa shape index (κ1) is 10.2. The van der Waals surface area contributed by atoms with Gasteiger partial charge < -0.3 is 0 Å². The fourth-order valence-corrected chi connectivity index (χ4v) is 0.779. The van der Waals surface area contributed by atoms with Crippen LogP contribution in [0.4, 0.5) is 0 Å². The average molecular weight is 150 g/mol. The van der Waals surface area contributed by atoms with E-state index in [1.54, 1.807) is 0 Å². The van der Waals surface area contributed by atoms with Gasteiger partial charge in [-0.3, -0.25) is 0 Å². The quantitative estimate of drug-likeness (QED) is 0.536. The van der Waals surface area contributed by atoms with Gasteiger partial charge in [0, 0.05) is 0 Å². The lowest BCUT2D eigenvalue weighted by molar-refractivity contribution is 1.15. The van der Waals surface area contributed by atoms with Gasteiger partial charge in [-0.25, -0.2) is 0 Å². The van der Waals surface area contributed by atoms with Crippen molar-refractivity contribution in [1.82, 2.24) is 0 Å². The van der Waals surface area contributed by atoms with Crippen LogP contribution in [0, 0.1) is 0 Å². The van der Waals surface area contributed by atoms with Crippen LogP contribution in [0.3, 0.4) is 0 Å². The first-order chi connectivity index (χ1) is 5.20. The molecule has 0 aromatic rings. The van der Waals surface area contributed by atoms with E-state index >= 15 is 0 Å². The highest BCUT2D eigenvalue weighted by Gasteiger charge is 1.83. The van der Waals surface area contributed by atoms with Crippen LogP contribution in [0.1, 0.15) is 34.1 Å². The van der Waals surface area contributed by atoms with Gasteiger partial charge in [-0.2, -0.15) is 0 Å². The van der Waals surface area contributed by atoms with Crippen molar-refractivity contribution >= 4 is 0 Å². The van der Waals surface area contributed by atoms with Gasteiger partial charge in [-0.15, -0.1) is 0 Å². The summed E-state index contributed by atoms with van der Waals surface area (Å²) in [4.78, 5) is 0. The van der Waals surface area contributed by atoms with E-state index in [0.717, 1.165) is 6.42 Å². The van der Waals surface area contributed by atoms with Crippen LogP contribution in [0.15, 0.2) is 35.5 Å². The summed E-state index contributed by atoms with van der Waals surface area (Å²) in [6.45, 7) is 8.44. The Morgan fingerprint density at radius 2 is 1.82 bits per heavy atom. The molecule has 0 aliphatic carbocycles. The number of hydrogen-bond acceptors (Lipinski definition) is 0. The third-order valence-corrected chi connectivity index (χ3v) is 1.42. The molecular formula is C11H18. The van der Waals surface area contributed by atoms with Crippen LogP contribution < -0.4 is 0 Å². The molecule has 0 N–H and O–H groups in total. The molecule has 0 fully saturated rings. The van der Waals surface area contributed by atoms with E-state index in [0.29, 0.717) is 0 Å². The molecule has 62 valence electrons. The van der Waals surface area contributed by atoms with E-state index in [4.69, 9.17) is 0 Å². The SMILES string of the molecule is C/C=C\C(=C/C=C(C)C)CC. The fraction of sp³-hybridized carbons (Fsp3) is 0.455. The van der Waals surface area contributed by atoms with Crippen molar-refractivity contribution < 1.29 is 0 Å². The Morgan fingerprint density at radius 1 is 1.18 bits per heavy atom. The monoisotopic (exact) mass is 150 g/mol. The van der Waals surface area contributed by atoms with Crippen LogP contribution in [0.5, 0.6) is 0 Å². The molecule has 0 atom stereocenters. The number of hydrogen-bond donors (Lipinski definition) is 0. The van der Waals surface area contributed by atoms with Crippen molar-refractivity contribution in [2.24, 2.45) is 0 Å². The van der Waals surface area contributed by atoms with Gasteiger partial charge in [0.15, 0.2) is 0 Å². The van der Waals surface area contributed by atoms with E-state index in [-0.39, 0.29) is 0 Å². The smallest absolute Gasteiger partial charge is 0.0308 e. The van der Waals surface area contributed by atoms with E-state index in [1.807, 2.05) is 6.92 Å². The molecule has 0 bridgehead atoms. The summed E-state index contributed by atoms with van der Waals surface area (Å²) < 4.78 is 0. The molecule has 0 aliphatic heterocycles. The molecule has 0 nitrogen and oxygen atoms in total. The van der Waals surface area contributed by atoms with Crippen molar-refractivity contribution in [3.8, 4) is 0 Å². The molecule has 0 spiro atoms. The van der Waals surface area contributed by atoms with Crippen LogP contribution in [-0.4, -0.2) is 0 Å². The third-order valence-electron chi connectivity index (χ3n) is 1.42. The minimum absolute atomic E-state index is 1.11. The zero-order valence-electron chi connectivity index (χ0n) is 8.02. The fourth-order valence-electron chi connectivity index (χ4n) is 0.779. The van der Waals surface area contributed by atoms with Gasteiger partial charge in [-0.1, -0.05) is 36.8 Å². The largest absolute Gasteiger partial charge is 0.0874 e. The molecule has 0 aromatic carbocycles. The summed E-state index contributed by atoms with van der Waals surface area (Å²) in [5, 5.41) is 0. The van der Waals surface area contributed by atoms with E-state index in [1.165, 1.54) is 11.1 Å². The second kappa shape index (κ2) is 5.96. The summed E-state index contributed by atoms with van der Waals surface area (Å²) >= 11 is 0. The van der Waals surface area contributed by atoms with Gasteiger partial charge in [-0.05, 0) is 32.8 Å².